The molecule has 2 rings (SSSR count). The van der Waals surface area contributed by atoms with Crippen LogP contribution in [0.5, 0.6) is 0 Å². The van der Waals surface area contributed by atoms with E-state index < -0.39 is 5.79 Å². The van der Waals surface area contributed by atoms with Crippen LogP contribution in [0.15, 0.2) is 0 Å². The molecule has 13 heavy (non-hydrogen) atoms. The van der Waals surface area contributed by atoms with Crippen LogP contribution in [0, 0.1) is 0 Å². The van der Waals surface area contributed by atoms with E-state index in [9.17, 15) is 0 Å². The number of hydrogen-bond acceptors (Lipinski definition) is 4. The van der Waals surface area contributed by atoms with Crippen molar-refractivity contribution in [2.75, 3.05) is 13.2 Å². The molecule has 0 aliphatic carbocycles. The number of rotatable bonds is 2. The lowest BCUT2D eigenvalue weighted by molar-refractivity contribution is -0.460. The van der Waals surface area contributed by atoms with Gasteiger partial charge in [0.2, 0.25) is 5.79 Å². The molecule has 0 aromatic rings. The van der Waals surface area contributed by atoms with Crippen LogP contribution in [-0.2, 0) is 14.5 Å². The molecule has 1 N–H and O–H groups in total. The van der Waals surface area contributed by atoms with Crippen LogP contribution < -0.4 is 0 Å². The molecule has 4 heteroatoms. The Hall–Kier alpha value is -0.160. The number of ether oxygens (including phenoxy) is 1. The molecule has 2 heterocycles. The van der Waals surface area contributed by atoms with Gasteiger partial charge in [-0.05, 0) is 19.3 Å². The second kappa shape index (κ2) is 3.92. The minimum absolute atomic E-state index is 0.0415. The third-order valence-corrected chi connectivity index (χ3v) is 2.70. The Morgan fingerprint density at radius 1 is 1.38 bits per heavy atom. The molecule has 0 bridgehead atoms. The maximum atomic E-state index is 8.71. The number of hydrogen-bond donors (Lipinski definition) is 1. The molecule has 2 atom stereocenters. The van der Waals surface area contributed by atoms with Crippen LogP contribution in [0.25, 0.3) is 0 Å². The second-order valence-electron chi connectivity index (χ2n) is 3.72. The average Bonchev–Trinajstić information content (AvgIpc) is 2.59. The van der Waals surface area contributed by atoms with Crippen molar-refractivity contribution < 1.29 is 19.6 Å². The highest BCUT2D eigenvalue weighted by Crippen LogP contribution is 2.36. The quantitative estimate of drug-likeness (QED) is 0.656. The van der Waals surface area contributed by atoms with Gasteiger partial charge in [-0.1, -0.05) is 0 Å². The first-order valence-electron chi connectivity index (χ1n) is 4.94. The fourth-order valence-electron chi connectivity index (χ4n) is 1.90. The van der Waals surface area contributed by atoms with E-state index in [1.54, 1.807) is 0 Å². The summed E-state index contributed by atoms with van der Waals surface area (Å²) in [6.07, 6.45) is 4.47. The van der Waals surface area contributed by atoms with E-state index >= 15 is 0 Å². The van der Waals surface area contributed by atoms with E-state index in [4.69, 9.17) is 19.6 Å². The fourth-order valence-corrected chi connectivity index (χ4v) is 1.90. The third kappa shape index (κ3) is 2.02. The van der Waals surface area contributed by atoms with Crippen molar-refractivity contribution in [3.63, 3.8) is 0 Å². The third-order valence-electron chi connectivity index (χ3n) is 2.70. The SMILES string of the molecule is OCCC1CCC2(CCCO2)OO1. The number of aliphatic hydroxyl groups excluding tert-OH is 1. The molecule has 0 aromatic carbocycles. The van der Waals surface area contributed by atoms with Gasteiger partial charge in [-0.25, -0.2) is 9.78 Å². The first-order chi connectivity index (χ1) is 6.35. The summed E-state index contributed by atoms with van der Waals surface area (Å²) < 4.78 is 5.50. The summed E-state index contributed by atoms with van der Waals surface area (Å²) in [5.74, 6) is -0.452. The van der Waals surface area contributed by atoms with Gasteiger partial charge >= 0.3 is 0 Å². The number of aliphatic hydroxyl groups is 1. The molecule has 2 aliphatic heterocycles. The van der Waals surface area contributed by atoms with E-state index in [1.165, 1.54) is 0 Å². The summed E-state index contributed by atoms with van der Waals surface area (Å²) in [6, 6.07) is 0. The zero-order valence-corrected chi connectivity index (χ0v) is 7.70. The van der Waals surface area contributed by atoms with Crippen molar-refractivity contribution in [3.8, 4) is 0 Å². The van der Waals surface area contributed by atoms with Crippen LogP contribution in [0.4, 0.5) is 0 Å². The van der Waals surface area contributed by atoms with E-state index in [0.717, 1.165) is 32.3 Å². The summed E-state index contributed by atoms with van der Waals surface area (Å²) in [5, 5.41) is 8.71. The minimum Gasteiger partial charge on any atom is -0.396 e. The van der Waals surface area contributed by atoms with Gasteiger partial charge in [0.05, 0.1) is 12.7 Å². The molecule has 0 amide bonds. The summed E-state index contributed by atoms with van der Waals surface area (Å²) in [6.45, 7) is 0.926. The maximum Gasteiger partial charge on any atom is 0.201 e. The van der Waals surface area contributed by atoms with Crippen LogP contribution in [0.1, 0.15) is 32.1 Å². The van der Waals surface area contributed by atoms with E-state index in [0.29, 0.717) is 6.42 Å². The van der Waals surface area contributed by atoms with Gasteiger partial charge < -0.3 is 9.84 Å². The van der Waals surface area contributed by atoms with Gasteiger partial charge in [0.15, 0.2) is 0 Å². The normalized spacial score (nSPS) is 39.9. The van der Waals surface area contributed by atoms with Crippen LogP contribution in [-0.4, -0.2) is 30.2 Å². The fraction of sp³-hybridized carbons (Fsp3) is 1.00. The Kier molecular flexibility index (Phi) is 2.83. The highest BCUT2D eigenvalue weighted by molar-refractivity contribution is 4.78. The molecule has 2 fully saturated rings. The van der Waals surface area contributed by atoms with Crippen molar-refractivity contribution >= 4 is 0 Å². The molecule has 1 spiro atoms. The monoisotopic (exact) mass is 188 g/mol. The summed E-state index contributed by atoms with van der Waals surface area (Å²) in [7, 11) is 0. The van der Waals surface area contributed by atoms with Crippen LogP contribution in [0.2, 0.25) is 0 Å². The Morgan fingerprint density at radius 3 is 2.85 bits per heavy atom. The Balaban J connectivity index is 1.81. The van der Waals surface area contributed by atoms with Crippen LogP contribution in [0.3, 0.4) is 0 Å². The molecular weight excluding hydrogens is 172 g/mol. The lowest BCUT2D eigenvalue weighted by atomic mass is 10.0. The molecule has 0 aromatic heterocycles. The molecule has 4 nitrogen and oxygen atoms in total. The largest absolute Gasteiger partial charge is 0.396 e. The molecule has 0 saturated carbocycles. The standard InChI is InChI=1S/C9H16O4/c10-6-3-8-2-5-9(13-12-8)4-1-7-11-9/h8,10H,1-7H2. The van der Waals surface area contributed by atoms with E-state index in [2.05, 4.69) is 0 Å². The average molecular weight is 188 g/mol. The topological polar surface area (TPSA) is 47.9 Å². The minimum atomic E-state index is -0.452. The van der Waals surface area contributed by atoms with Gasteiger partial charge in [0.1, 0.15) is 0 Å². The molecule has 2 saturated heterocycles. The highest BCUT2D eigenvalue weighted by atomic mass is 17.2. The molecule has 2 unspecified atom stereocenters. The van der Waals surface area contributed by atoms with Crippen molar-refractivity contribution in [3.05, 3.63) is 0 Å². The lowest BCUT2D eigenvalue weighted by Crippen LogP contribution is -2.39. The molecule has 76 valence electrons. The first-order valence-corrected chi connectivity index (χ1v) is 4.94. The second-order valence-corrected chi connectivity index (χ2v) is 3.72. The molecular formula is C9H16O4. The molecule has 0 radical (unpaired) electrons. The summed E-state index contributed by atoms with van der Waals surface area (Å²) in [5.41, 5.74) is 0. The van der Waals surface area contributed by atoms with Gasteiger partial charge in [-0.3, -0.25) is 0 Å². The van der Waals surface area contributed by atoms with Gasteiger partial charge in [0.25, 0.3) is 0 Å². The highest BCUT2D eigenvalue weighted by Gasteiger charge is 2.41. The summed E-state index contributed by atoms with van der Waals surface area (Å²) in [4.78, 5) is 10.4. The van der Waals surface area contributed by atoms with E-state index in [1.807, 2.05) is 0 Å². The first kappa shape index (κ1) is 9.40. The Labute approximate surface area is 77.7 Å². The van der Waals surface area contributed by atoms with Crippen molar-refractivity contribution in [2.24, 2.45) is 0 Å². The van der Waals surface area contributed by atoms with Crippen molar-refractivity contribution in [1.82, 2.24) is 0 Å². The van der Waals surface area contributed by atoms with Crippen molar-refractivity contribution in [1.29, 1.82) is 0 Å². The smallest absolute Gasteiger partial charge is 0.201 e. The predicted octanol–water partition coefficient (Wildman–Crippen LogP) is 0.986. The summed E-state index contributed by atoms with van der Waals surface area (Å²) >= 11 is 0. The van der Waals surface area contributed by atoms with Crippen LogP contribution >= 0.6 is 0 Å². The van der Waals surface area contributed by atoms with Gasteiger partial charge in [0, 0.05) is 19.4 Å². The zero-order chi connectivity index (χ0) is 9.15. The maximum absolute atomic E-state index is 8.71. The van der Waals surface area contributed by atoms with Gasteiger partial charge in [-0.2, -0.15) is 0 Å². The van der Waals surface area contributed by atoms with E-state index in [-0.39, 0.29) is 12.7 Å². The van der Waals surface area contributed by atoms with Crippen molar-refractivity contribution in [2.45, 2.75) is 44.0 Å². The molecule has 2 aliphatic rings. The Bertz CT molecular complexity index is 155. The zero-order valence-electron chi connectivity index (χ0n) is 7.70. The van der Waals surface area contributed by atoms with Gasteiger partial charge in [-0.15, -0.1) is 0 Å². The predicted molar refractivity (Wildman–Crippen MR) is 44.8 cm³/mol. The lowest BCUT2D eigenvalue weighted by Gasteiger charge is -2.34. The Morgan fingerprint density at radius 2 is 2.31 bits per heavy atom.